The number of hydrogen-bond acceptors (Lipinski definition) is 5. The quantitative estimate of drug-likeness (QED) is 0.450. The van der Waals surface area contributed by atoms with Crippen LogP contribution in [0.3, 0.4) is 0 Å². The van der Waals surface area contributed by atoms with Crippen LogP contribution in [0.2, 0.25) is 0 Å². The molecule has 0 radical (unpaired) electrons. The Balaban J connectivity index is 1.72. The van der Waals surface area contributed by atoms with Crippen LogP contribution in [-0.2, 0) is 11.0 Å². The second-order valence-corrected chi connectivity index (χ2v) is 8.71. The van der Waals surface area contributed by atoms with Crippen LogP contribution in [0.15, 0.2) is 53.7 Å². The maximum atomic E-state index is 13.1. The Morgan fingerprint density at radius 3 is 2.45 bits per heavy atom. The summed E-state index contributed by atoms with van der Waals surface area (Å²) in [6.07, 6.45) is -4.44. The lowest BCUT2D eigenvalue weighted by Crippen LogP contribution is -2.33. The summed E-state index contributed by atoms with van der Waals surface area (Å²) in [5, 5.41) is 11.7. The summed E-state index contributed by atoms with van der Waals surface area (Å²) in [5.41, 5.74) is 0.498. The molecule has 0 saturated carbocycles. The summed E-state index contributed by atoms with van der Waals surface area (Å²) < 4.78 is 46.3. The molecule has 6 nitrogen and oxygen atoms in total. The lowest BCUT2D eigenvalue weighted by atomic mass is 9.94. The van der Waals surface area contributed by atoms with Crippen molar-refractivity contribution in [2.24, 2.45) is 5.92 Å². The molecular formula is C23H25F3N4O2S. The van der Waals surface area contributed by atoms with Crippen LogP contribution in [0.25, 0.3) is 5.69 Å². The minimum Gasteiger partial charge on any atom is -0.497 e. The molecule has 1 atom stereocenters. The number of rotatable bonds is 8. The molecule has 1 unspecified atom stereocenters. The van der Waals surface area contributed by atoms with E-state index in [4.69, 9.17) is 4.74 Å². The summed E-state index contributed by atoms with van der Waals surface area (Å²) in [6, 6.07) is 11.9. The molecule has 0 aliphatic heterocycles. The van der Waals surface area contributed by atoms with E-state index >= 15 is 0 Å². The molecule has 10 heteroatoms. The Hall–Kier alpha value is -3.01. The second-order valence-electron chi connectivity index (χ2n) is 7.76. The van der Waals surface area contributed by atoms with E-state index in [1.807, 2.05) is 49.6 Å². The first kappa shape index (κ1) is 24.6. The van der Waals surface area contributed by atoms with Gasteiger partial charge in [0.05, 0.1) is 24.5 Å². The van der Waals surface area contributed by atoms with Gasteiger partial charge in [0.25, 0.3) is 0 Å². The van der Waals surface area contributed by atoms with Crippen LogP contribution in [0, 0.1) is 12.8 Å². The van der Waals surface area contributed by atoms with Gasteiger partial charge in [-0.25, -0.2) is 0 Å². The molecule has 1 amide bonds. The van der Waals surface area contributed by atoms with E-state index in [2.05, 4.69) is 15.5 Å². The highest BCUT2D eigenvalue weighted by Crippen LogP contribution is 2.32. The van der Waals surface area contributed by atoms with E-state index in [1.54, 1.807) is 13.2 Å². The van der Waals surface area contributed by atoms with Gasteiger partial charge in [-0.05, 0) is 54.8 Å². The van der Waals surface area contributed by atoms with Gasteiger partial charge < -0.3 is 10.1 Å². The van der Waals surface area contributed by atoms with Gasteiger partial charge in [0, 0.05) is 5.69 Å². The first-order valence-corrected chi connectivity index (χ1v) is 11.2. The molecule has 176 valence electrons. The minimum absolute atomic E-state index is 0.0382. The highest BCUT2D eigenvalue weighted by atomic mass is 32.2. The molecule has 2 aromatic carbocycles. The zero-order chi connectivity index (χ0) is 24.2. The van der Waals surface area contributed by atoms with Crippen molar-refractivity contribution in [1.82, 2.24) is 20.1 Å². The van der Waals surface area contributed by atoms with E-state index in [0.29, 0.717) is 22.3 Å². The van der Waals surface area contributed by atoms with Crippen LogP contribution < -0.4 is 10.1 Å². The molecule has 0 bridgehead atoms. The van der Waals surface area contributed by atoms with Gasteiger partial charge in [0.1, 0.15) is 11.6 Å². The third-order valence-corrected chi connectivity index (χ3v) is 5.94. The largest absolute Gasteiger partial charge is 0.497 e. The number of amides is 1. The highest BCUT2D eigenvalue weighted by molar-refractivity contribution is 7.99. The zero-order valence-corrected chi connectivity index (χ0v) is 19.5. The van der Waals surface area contributed by atoms with E-state index < -0.39 is 17.8 Å². The predicted octanol–water partition coefficient (Wildman–Crippen LogP) is 5.21. The summed E-state index contributed by atoms with van der Waals surface area (Å²) in [7, 11) is 1.59. The summed E-state index contributed by atoms with van der Waals surface area (Å²) in [6.45, 7) is 5.51. The Labute approximate surface area is 194 Å². The number of nitrogens with zero attached hydrogens (tertiary/aromatic N) is 3. The number of alkyl halides is 3. The Morgan fingerprint density at radius 2 is 1.85 bits per heavy atom. The number of carbonyl (C=O) groups excluding carboxylic acids is 1. The van der Waals surface area contributed by atoms with Gasteiger partial charge in [0.2, 0.25) is 5.91 Å². The number of aryl methyl sites for hydroxylation is 1. The number of hydrogen-bond donors (Lipinski definition) is 1. The van der Waals surface area contributed by atoms with Crippen molar-refractivity contribution in [1.29, 1.82) is 0 Å². The van der Waals surface area contributed by atoms with E-state index in [1.165, 1.54) is 17.8 Å². The molecule has 3 aromatic rings. The topological polar surface area (TPSA) is 69.0 Å². The molecule has 0 spiro atoms. The molecule has 1 aromatic heterocycles. The molecule has 0 aliphatic rings. The number of aromatic nitrogens is 3. The fourth-order valence-electron chi connectivity index (χ4n) is 3.35. The first-order valence-electron chi connectivity index (χ1n) is 10.3. The standard InChI is InChI=1S/C23H25F3N4O2S/c1-14(2)21(16-6-5-7-17(12-16)23(24,25)26)27-20(31)13-33-22-29-28-15(3)30(22)18-8-10-19(32-4)11-9-18/h5-12,14,21H,13H2,1-4H3,(H,27,31). The smallest absolute Gasteiger partial charge is 0.416 e. The number of carbonyl (C=O) groups is 1. The average Bonchev–Trinajstić information content (AvgIpc) is 3.15. The van der Waals surface area contributed by atoms with E-state index in [9.17, 15) is 18.0 Å². The second kappa shape index (κ2) is 10.3. The number of thioether (sulfide) groups is 1. The number of methoxy groups -OCH3 is 1. The van der Waals surface area contributed by atoms with Crippen molar-refractivity contribution in [2.45, 2.75) is 38.1 Å². The zero-order valence-electron chi connectivity index (χ0n) is 18.7. The molecule has 0 aliphatic carbocycles. The fourth-order valence-corrected chi connectivity index (χ4v) is 4.16. The predicted molar refractivity (Wildman–Crippen MR) is 121 cm³/mol. The number of benzene rings is 2. The Kier molecular flexibility index (Phi) is 7.68. The van der Waals surface area contributed by atoms with Gasteiger partial charge in [-0.3, -0.25) is 9.36 Å². The van der Waals surface area contributed by atoms with E-state index in [-0.39, 0.29) is 17.6 Å². The van der Waals surface area contributed by atoms with Crippen LogP contribution in [0.5, 0.6) is 5.75 Å². The number of halogens is 3. The van der Waals surface area contributed by atoms with Crippen molar-refractivity contribution in [3.8, 4) is 11.4 Å². The summed E-state index contributed by atoms with van der Waals surface area (Å²) in [4.78, 5) is 12.7. The van der Waals surface area contributed by atoms with Gasteiger partial charge in [-0.2, -0.15) is 13.2 Å². The third kappa shape index (κ3) is 6.07. The van der Waals surface area contributed by atoms with E-state index in [0.717, 1.165) is 17.8 Å². The van der Waals surface area contributed by atoms with Gasteiger partial charge >= 0.3 is 6.18 Å². The lowest BCUT2D eigenvalue weighted by Gasteiger charge is -2.23. The maximum absolute atomic E-state index is 13.1. The highest BCUT2D eigenvalue weighted by Gasteiger charge is 2.31. The number of nitrogens with one attached hydrogen (secondary N) is 1. The average molecular weight is 479 g/mol. The van der Waals surface area contributed by atoms with Gasteiger partial charge in [-0.15, -0.1) is 10.2 Å². The molecule has 1 N–H and O–H groups in total. The van der Waals surface area contributed by atoms with Crippen molar-refractivity contribution in [3.05, 3.63) is 65.5 Å². The van der Waals surface area contributed by atoms with Crippen LogP contribution in [-0.4, -0.2) is 33.5 Å². The van der Waals surface area contributed by atoms with Crippen LogP contribution in [0.1, 0.15) is 36.8 Å². The van der Waals surface area contributed by atoms with Crippen LogP contribution >= 0.6 is 11.8 Å². The number of ether oxygens (including phenoxy) is 1. The molecule has 1 heterocycles. The Bertz CT molecular complexity index is 1100. The molecule has 33 heavy (non-hydrogen) atoms. The maximum Gasteiger partial charge on any atom is 0.416 e. The Morgan fingerprint density at radius 1 is 1.15 bits per heavy atom. The summed E-state index contributed by atoms with van der Waals surface area (Å²) in [5.74, 6) is 1.00. The van der Waals surface area contributed by atoms with Crippen molar-refractivity contribution >= 4 is 17.7 Å². The molecule has 0 fully saturated rings. The van der Waals surface area contributed by atoms with Crippen molar-refractivity contribution in [3.63, 3.8) is 0 Å². The third-order valence-electron chi connectivity index (χ3n) is 5.01. The molecule has 3 rings (SSSR count). The first-order chi connectivity index (χ1) is 15.6. The van der Waals surface area contributed by atoms with Gasteiger partial charge in [-0.1, -0.05) is 37.7 Å². The monoisotopic (exact) mass is 478 g/mol. The molecular weight excluding hydrogens is 453 g/mol. The normalized spacial score (nSPS) is 12.6. The summed E-state index contributed by atoms with van der Waals surface area (Å²) >= 11 is 1.20. The minimum atomic E-state index is -4.44. The van der Waals surface area contributed by atoms with Crippen LogP contribution in [0.4, 0.5) is 13.2 Å². The molecule has 0 saturated heterocycles. The van der Waals surface area contributed by atoms with Crippen molar-refractivity contribution in [2.75, 3.05) is 12.9 Å². The lowest BCUT2D eigenvalue weighted by molar-refractivity contribution is -0.137. The van der Waals surface area contributed by atoms with Crippen molar-refractivity contribution < 1.29 is 22.7 Å². The SMILES string of the molecule is COc1ccc(-n2c(C)nnc2SCC(=O)NC(c2cccc(C(F)(F)F)c2)C(C)C)cc1. The fraction of sp³-hybridized carbons (Fsp3) is 0.348. The van der Waals surface area contributed by atoms with Gasteiger partial charge in [0.15, 0.2) is 5.16 Å².